The van der Waals surface area contributed by atoms with Crippen molar-refractivity contribution in [1.82, 2.24) is 4.90 Å². The molecule has 1 aromatic carbocycles. The predicted molar refractivity (Wildman–Crippen MR) is 119 cm³/mol. The average Bonchev–Trinajstić information content (AvgIpc) is 3.32. The van der Waals surface area contributed by atoms with Crippen LogP contribution in [0, 0.1) is 0 Å². The Hall–Kier alpha value is -3.17. The highest BCUT2D eigenvalue weighted by molar-refractivity contribution is 8.26. The van der Waals surface area contributed by atoms with E-state index in [2.05, 4.69) is 5.32 Å². The number of benzene rings is 1. The van der Waals surface area contributed by atoms with Crippen LogP contribution in [-0.2, 0) is 9.59 Å². The number of fused-ring (bicyclic) bond motifs is 1. The van der Waals surface area contributed by atoms with E-state index >= 15 is 0 Å². The van der Waals surface area contributed by atoms with Crippen LogP contribution in [0.4, 0.5) is 5.69 Å². The van der Waals surface area contributed by atoms with Crippen molar-refractivity contribution in [3.8, 4) is 0 Å². The third-order valence-electron chi connectivity index (χ3n) is 4.38. The number of furan rings is 1. The first kappa shape index (κ1) is 20.1. The number of anilines is 1. The lowest BCUT2D eigenvalue weighted by molar-refractivity contribution is -0.122. The second kappa shape index (κ2) is 8.68. The summed E-state index contributed by atoms with van der Waals surface area (Å²) >= 11 is 6.51. The van der Waals surface area contributed by atoms with Gasteiger partial charge in [0.2, 0.25) is 5.91 Å². The lowest BCUT2D eigenvalue weighted by Gasteiger charge is -2.14. The number of rotatable bonds is 6. The highest BCUT2D eigenvalue weighted by Crippen LogP contribution is 2.32. The highest BCUT2D eigenvalue weighted by Gasteiger charge is 2.31. The molecule has 0 radical (unpaired) electrons. The third kappa shape index (κ3) is 4.52. The summed E-state index contributed by atoms with van der Waals surface area (Å²) in [5.74, 6) is 0.227. The molecule has 4 rings (SSSR count). The quantitative estimate of drug-likeness (QED) is 0.352. The van der Waals surface area contributed by atoms with Crippen LogP contribution in [0.2, 0.25) is 0 Å². The van der Waals surface area contributed by atoms with E-state index in [4.69, 9.17) is 21.1 Å². The van der Waals surface area contributed by atoms with Crippen molar-refractivity contribution >= 4 is 62.8 Å². The molecule has 152 valence electrons. The Balaban J connectivity index is 1.31. The zero-order chi connectivity index (χ0) is 21.1. The molecular weight excluding hydrogens is 424 g/mol. The minimum atomic E-state index is -0.422. The number of hydrogen-bond donors (Lipinski definition) is 1. The van der Waals surface area contributed by atoms with E-state index in [9.17, 15) is 14.4 Å². The van der Waals surface area contributed by atoms with Crippen LogP contribution in [0.1, 0.15) is 18.6 Å². The smallest absolute Gasteiger partial charge is 0.336 e. The average molecular weight is 441 g/mol. The van der Waals surface area contributed by atoms with Gasteiger partial charge in [0.25, 0.3) is 5.91 Å². The predicted octanol–water partition coefficient (Wildman–Crippen LogP) is 4.01. The largest absolute Gasteiger partial charge is 0.465 e. The van der Waals surface area contributed by atoms with Gasteiger partial charge in [-0.1, -0.05) is 24.0 Å². The molecule has 0 atom stereocenters. The van der Waals surface area contributed by atoms with Gasteiger partial charge in [-0.2, -0.15) is 0 Å². The summed E-state index contributed by atoms with van der Waals surface area (Å²) < 4.78 is 10.8. The van der Waals surface area contributed by atoms with E-state index in [1.807, 2.05) is 0 Å². The monoisotopic (exact) mass is 440 g/mol. The fourth-order valence-corrected chi connectivity index (χ4v) is 4.25. The van der Waals surface area contributed by atoms with Gasteiger partial charge in [0.05, 0.1) is 11.2 Å². The van der Waals surface area contributed by atoms with Crippen molar-refractivity contribution in [2.45, 2.75) is 12.8 Å². The molecule has 7 nitrogen and oxygen atoms in total. The summed E-state index contributed by atoms with van der Waals surface area (Å²) in [4.78, 5) is 38.0. The van der Waals surface area contributed by atoms with Gasteiger partial charge in [-0.15, -0.1) is 0 Å². The summed E-state index contributed by atoms with van der Waals surface area (Å²) in [5, 5.41) is 3.53. The van der Waals surface area contributed by atoms with E-state index in [-0.39, 0.29) is 18.2 Å². The summed E-state index contributed by atoms with van der Waals surface area (Å²) in [7, 11) is 0. The normalized spacial score (nSPS) is 15.3. The van der Waals surface area contributed by atoms with Gasteiger partial charge >= 0.3 is 5.63 Å². The standard InChI is InChI=1S/C21H16N2O5S2/c24-18(22-14-6-7-16-13(11-14)5-8-19(25)28-16)4-1-9-23-20(26)17(30-21(23)29)12-15-3-2-10-27-15/h2-3,5-8,10-12H,1,4,9H2,(H,22,24). The lowest BCUT2D eigenvalue weighted by atomic mass is 10.2. The maximum atomic E-state index is 12.5. The van der Waals surface area contributed by atoms with E-state index in [0.717, 1.165) is 0 Å². The first-order valence-corrected chi connectivity index (χ1v) is 10.3. The first-order chi connectivity index (χ1) is 14.5. The minimum absolute atomic E-state index is 0.177. The maximum Gasteiger partial charge on any atom is 0.336 e. The molecule has 2 aromatic heterocycles. The van der Waals surface area contributed by atoms with E-state index in [1.54, 1.807) is 42.5 Å². The summed E-state index contributed by atoms with van der Waals surface area (Å²) in [6.07, 6.45) is 3.90. The van der Waals surface area contributed by atoms with Crippen molar-refractivity contribution in [2.75, 3.05) is 11.9 Å². The molecule has 1 aliphatic rings. The van der Waals surface area contributed by atoms with Gasteiger partial charge in [0, 0.05) is 36.2 Å². The zero-order valence-corrected chi connectivity index (χ0v) is 17.3. The molecule has 3 aromatic rings. The number of carbonyl (C=O) groups is 2. The number of thiocarbonyl (C=S) groups is 1. The minimum Gasteiger partial charge on any atom is -0.465 e. The molecular formula is C21H16N2O5S2. The van der Waals surface area contributed by atoms with Gasteiger partial charge < -0.3 is 14.2 Å². The number of hydrogen-bond acceptors (Lipinski definition) is 7. The molecule has 9 heteroatoms. The topological polar surface area (TPSA) is 92.8 Å². The Morgan fingerprint density at radius 3 is 2.87 bits per heavy atom. The van der Waals surface area contributed by atoms with Crippen LogP contribution in [-0.4, -0.2) is 27.6 Å². The van der Waals surface area contributed by atoms with E-state index in [0.29, 0.717) is 44.6 Å². The third-order valence-corrected chi connectivity index (χ3v) is 5.76. The van der Waals surface area contributed by atoms with E-state index in [1.165, 1.54) is 29.0 Å². The Bertz CT molecular complexity index is 1210. The van der Waals surface area contributed by atoms with Crippen molar-refractivity contribution in [1.29, 1.82) is 0 Å². The van der Waals surface area contributed by atoms with E-state index < -0.39 is 5.63 Å². The second-order valence-corrected chi connectivity index (χ2v) is 8.18. The van der Waals surface area contributed by atoms with Gasteiger partial charge in [0.1, 0.15) is 15.7 Å². The summed E-state index contributed by atoms with van der Waals surface area (Å²) in [6, 6.07) is 11.5. The van der Waals surface area contributed by atoms with Crippen molar-refractivity contribution in [2.24, 2.45) is 0 Å². The van der Waals surface area contributed by atoms with Gasteiger partial charge in [0.15, 0.2) is 0 Å². The molecule has 1 aliphatic heterocycles. The summed E-state index contributed by atoms with van der Waals surface area (Å²) in [6.45, 7) is 0.358. The molecule has 1 fully saturated rings. The second-order valence-electron chi connectivity index (χ2n) is 6.51. The van der Waals surface area contributed by atoms with Crippen LogP contribution >= 0.6 is 24.0 Å². The van der Waals surface area contributed by atoms with Crippen molar-refractivity contribution in [3.05, 3.63) is 69.8 Å². The maximum absolute atomic E-state index is 12.5. The first-order valence-electron chi connectivity index (χ1n) is 9.12. The van der Waals surface area contributed by atoms with Crippen molar-refractivity contribution < 1.29 is 18.4 Å². The molecule has 0 aliphatic carbocycles. The fraction of sp³-hybridized carbons (Fsp3) is 0.143. The lowest BCUT2D eigenvalue weighted by Crippen LogP contribution is -2.29. The Kier molecular flexibility index (Phi) is 5.82. The molecule has 0 unspecified atom stereocenters. The SMILES string of the molecule is O=C(CCCN1C(=O)C(=Cc2ccco2)SC1=S)Nc1ccc2oc(=O)ccc2c1. The van der Waals surface area contributed by atoms with Crippen LogP contribution in [0.3, 0.4) is 0 Å². The molecule has 0 bridgehead atoms. The van der Waals surface area contributed by atoms with Crippen LogP contribution in [0.5, 0.6) is 0 Å². The fourth-order valence-electron chi connectivity index (χ4n) is 2.97. The molecule has 1 N–H and O–H groups in total. The van der Waals surface area contributed by atoms with Crippen LogP contribution < -0.4 is 10.9 Å². The molecule has 2 amide bonds. The Morgan fingerprint density at radius 1 is 1.20 bits per heavy atom. The van der Waals surface area contributed by atoms with Gasteiger partial charge in [-0.05, 0) is 42.8 Å². The number of nitrogens with zero attached hydrogens (tertiary/aromatic N) is 1. The van der Waals surface area contributed by atoms with Gasteiger partial charge in [-0.25, -0.2) is 4.79 Å². The number of amides is 2. The van der Waals surface area contributed by atoms with Crippen LogP contribution in [0.25, 0.3) is 17.0 Å². The molecule has 1 saturated heterocycles. The highest BCUT2D eigenvalue weighted by atomic mass is 32.2. The molecule has 3 heterocycles. The molecule has 0 spiro atoms. The number of thioether (sulfide) groups is 1. The number of carbonyl (C=O) groups excluding carboxylic acids is 2. The van der Waals surface area contributed by atoms with Gasteiger partial charge in [-0.3, -0.25) is 14.5 Å². The Morgan fingerprint density at radius 2 is 2.07 bits per heavy atom. The molecule has 30 heavy (non-hydrogen) atoms. The molecule has 0 saturated carbocycles. The van der Waals surface area contributed by atoms with Crippen LogP contribution in [0.15, 0.2) is 67.3 Å². The van der Waals surface area contributed by atoms with Crippen molar-refractivity contribution in [3.63, 3.8) is 0 Å². The number of nitrogens with one attached hydrogen (secondary N) is 1. The Labute approximate surface area is 180 Å². The zero-order valence-electron chi connectivity index (χ0n) is 15.6. The summed E-state index contributed by atoms with van der Waals surface area (Å²) in [5.41, 5.74) is 0.639.